The van der Waals surface area contributed by atoms with Gasteiger partial charge in [0.1, 0.15) is 4.90 Å². The Bertz CT molecular complexity index is 914. The number of benzene rings is 2. The lowest BCUT2D eigenvalue weighted by Gasteiger charge is -2.18. The number of amides is 1. The van der Waals surface area contributed by atoms with Crippen molar-refractivity contribution in [1.82, 2.24) is 5.32 Å². The molecule has 0 radical (unpaired) electrons. The van der Waals surface area contributed by atoms with Crippen LogP contribution in [0.5, 0.6) is 0 Å². The quantitative estimate of drug-likeness (QED) is 0.762. The third-order valence-corrected chi connectivity index (χ3v) is 5.38. The third kappa shape index (κ3) is 3.16. The van der Waals surface area contributed by atoms with Gasteiger partial charge in [-0.1, -0.05) is 35.9 Å². The molecular weight excluding hydrogens is 352 g/mol. The Hall–Kier alpha value is -1.93. The molecule has 0 spiro atoms. The van der Waals surface area contributed by atoms with Crippen LogP contribution in [-0.4, -0.2) is 25.5 Å². The van der Waals surface area contributed by atoms with Crippen LogP contribution in [-0.2, 0) is 16.4 Å². The fraction of sp³-hybridized carbons (Fsp3) is 0.188. The number of primary sulfonamides is 1. The first-order valence-electron chi connectivity index (χ1n) is 7.16. The molecule has 0 saturated carbocycles. The Morgan fingerprint density at radius 2 is 1.96 bits per heavy atom. The van der Waals surface area contributed by atoms with E-state index < -0.39 is 28.1 Å². The summed E-state index contributed by atoms with van der Waals surface area (Å²) >= 11 is 5.82. The molecule has 24 heavy (non-hydrogen) atoms. The van der Waals surface area contributed by atoms with Crippen LogP contribution >= 0.6 is 11.6 Å². The number of aliphatic hydroxyl groups excluding tert-OH is 1. The second-order valence-electron chi connectivity index (χ2n) is 5.61. The van der Waals surface area contributed by atoms with Gasteiger partial charge in [0.2, 0.25) is 10.0 Å². The highest BCUT2D eigenvalue weighted by molar-refractivity contribution is 7.89. The Kier molecular flexibility index (Phi) is 4.35. The number of carbonyl (C=O) groups excluding carboxylic acids is 1. The molecule has 0 saturated heterocycles. The number of carbonyl (C=O) groups is 1. The number of rotatable bonds is 3. The molecule has 2 aromatic rings. The minimum Gasteiger partial charge on any atom is -0.390 e. The molecule has 0 fully saturated rings. The number of fused-ring (bicyclic) bond motifs is 1. The minimum atomic E-state index is -4.04. The highest BCUT2D eigenvalue weighted by Crippen LogP contribution is 2.31. The maximum absolute atomic E-state index is 12.4. The lowest BCUT2D eigenvalue weighted by atomic mass is 10.1. The molecule has 6 nitrogen and oxygen atoms in total. The number of sulfonamides is 1. The second kappa shape index (κ2) is 6.18. The molecule has 3 rings (SSSR count). The maximum atomic E-state index is 12.4. The van der Waals surface area contributed by atoms with Crippen LogP contribution in [0.2, 0.25) is 5.02 Å². The van der Waals surface area contributed by atoms with Gasteiger partial charge in [0.15, 0.2) is 0 Å². The molecule has 2 unspecified atom stereocenters. The van der Waals surface area contributed by atoms with Gasteiger partial charge in [-0.05, 0) is 29.3 Å². The highest BCUT2D eigenvalue weighted by atomic mass is 35.5. The number of nitrogens with one attached hydrogen (secondary N) is 1. The van der Waals surface area contributed by atoms with Gasteiger partial charge >= 0.3 is 0 Å². The standard InChI is InChI=1S/C16H15ClN2O4S/c17-12-6-5-10(8-14(12)24(18,22)23)16(21)19-15-11-4-2-1-3-9(11)7-13(15)20/h1-6,8,13,15,20H,7H2,(H,19,21)(H2,18,22,23). The number of hydrogen-bond donors (Lipinski definition) is 3. The first-order valence-corrected chi connectivity index (χ1v) is 9.09. The van der Waals surface area contributed by atoms with Gasteiger partial charge < -0.3 is 10.4 Å². The molecule has 1 aliphatic rings. The van der Waals surface area contributed by atoms with E-state index in [-0.39, 0.29) is 15.5 Å². The summed E-state index contributed by atoms with van der Waals surface area (Å²) in [5, 5.41) is 18.0. The molecule has 126 valence electrons. The average Bonchev–Trinajstić information content (AvgIpc) is 2.82. The Morgan fingerprint density at radius 3 is 2.67 bits per heavy atom. The summed E-state index contributed by atoms with van der Waals surface area (Å²) in [5.74, 6) is -0.516. The van der Waals surface area contributed by atoms with Crippen LogP contribution in [0, 0.1) is 0 Å². The third-order valence-electron chi connectivity index (χ3n) is 3.99. The van der Waals surface area contributed by atoms with Crippen LogP contribution < -0.4 is 10.5 Å². The molecule has 0 aliphatic heterocycles. The topological polar surface area (TPSA) is 109 Å². The van der Waals surface area contributed by atoms with E-state index in [1.807, 2.05) is 24.3 Å². The van der Waals surface area contributed by atoms with E-state index in [2.05, 4.69) is 5.32 Å². The van der Waals surface area contributed by atoms with E-state index in [1.54, 1.807) is 0 Å². The zero-order valence-corrected chi connectivity index (χ0v) is 14.0. The van der Waals surface area contributed by atoms with Crippen LogP contribution in [0.1, 0.15) is 27.5 Å². The molecule has 1 aliphatic carbocycles. The summed E-state index contributed by atoms with van der Waals surface area (Å²) in [5.41, 5.74) is 1.91. The first-order chi connectivity index (χ1) is 11.3. The number of halogens is 1. The van der Waals surface area contributed by atoms with Crippen molar-refractivity contribution in [2.45, 2.75) is 23.5 Å². The van der Waals surface area contributed by atoms with E-state index in [0.29, 0.717) is 6.42 Å². The molecular formula is C16H15ClN2O4S. The van der Waals surface area contributed by atoms with Gasteiger partial charge in [0.05, 0.1) is 17.2 Å². The molecule has 0 bridgehead atoms. The highest BCUT2D eigenvalue weighted by Gasteiger charge is 2.32. The summed E-state index contributed by atoms with van der Waals surface area (Å²) in [7, 11) is -4.04. The van der Waals surface area contributed by atoms with Gasteiger partial charge in [0.25, 0.3) is 5.91 Å². The van der Waals surface area contributed by atoms with E-state index in [4.69, 9.17) is 16.7 Å². The van der Waals surface area contributed by atoms with Gasteiger partial charge in [-0.3, -0.25) is 4.79 Å². The van der Waals surface area contributed by atoms with Crippen molar-refractivity contribution in [2.24, 2.45) is 5.14 Å². The minimum absolute atomic E-state index is 0.0553. The smallest absolute Gasteiger partial charge is 0.251 e. The summed E-state index contributed by atoms with van der Waals surface area (Å²) in [6.45, 7) is 0. The molecule has 8 heteroatoms. The predicted molar refractivity (Wildman–Crippen MR) is 89.2 cm³/mol. The van der Waals surface area contributed by atoms with Crippen molar-refractivity contribution in [3.8, 4) is 0 Å². The van der Waals surface area contributed by atoms with E-state index >= 15 is 0 Å². The van der Waals surface area contributed by atoms with E-state index in [9.17, 15) is 18.3 Å². The fourth-order valence-electron chi connectivity index (χ4n) is 2.84. The monoisotopic (exact) mass is 366 g/mol. The van der Waals surface area contributed by atoms with Crippen LogP contribution in [0.25, 0.3) is 0 Å². The van der Waals surface area contributed by atoms with Crippen molar-refractivity contribution in [1.29, 1.82) is 0 Å². The maximum Gasteiger partial charge on any atom is 0.251 e. The molecule has 0 aromatic heterocycles. The first kappa shape index (κ1) is 16.9. The zero-order chi connectivity index (χ0) is 17.5. The molecule has 2 aromatic carbocycles. The lowest BCUT2D eigenvalue weighted by Crippen LogP contribution is -2.34. The largest absolute Gasteiger partial charge is 0.390 e. The average molecular weight is 367 g/mol. The van der Waals surface area contributed by atoms with Crippen LogP contribution in [0.4, 0.5) is 0 Å². The summed E-state index contributed by atoms with van der Waals surface area (Å²) < 4.78 is 23.0. The van der Waals surface area contributed by atoms with Crippen LogP contribution in [0.3, 0.4) is 0 Å². The van der Waals surface area contributed by atoms with Gasteiger partial charge in [-0.2, -0.15) is 0 Å². The van der Waals surface area contributed by atoms with Crippen molar-refractivity contribution < 1.29 is 18.3 Å². The Labute approximate surface area is 144 Å². The summed E-state index contributed by atoms with van der Waals surface area (Å²) in [6.07, 6.45) is -0.291. The molecule has 2 atom stereocenters. The molecule has 1 amide bonds. The van der Waals surface area contributed by atoms with Crippen molar-refractivity contribution in [3.63, 3.8) is 0 Å². The van der Waals surface area contributed by atoms with E-state index in [1.165, 1.54) is 12.1 Å². The summed E-state index contributed by atoms with van der Waals surface area (Å²) in [6, 6.07) is 10.7. The number of nitrogens with two attached hydrogens (primary N) is 1. The SMILES string of the molecule is NS(=O)(=O)c1cc(C(=O)NC2c3ccccc3CC2O)ccc1Cl. The second-order valence-corrected chi connectivity index (χ2v) is 7.55. The normalized spacial score (nSPS) is 19.8. The molecule has 0 heterocycles. The Morgan fingerprint density at radius 1 is 1.25 bits per heavy atom. The van der Waals surface area contributed by atoms with Crippen molar-refractivity contribution in [3.05, 3.63) is 64.2 Å². The van der Waals surface area contributed by atoms with Gasteiger partial charge in [-0.25, -0.2) is 13.6 Å². The summed E-state index contributed by atoms with van der Waals surface area (Å²) in [4.78, 5) is 12.1. The zero-order valence-electron chi connectivity index (χ0n) is 12.4. The fourth-order valence-corrected chi connectivity index (χ4v) is 3.91. The number of hydrogen-bond acceptors (Lipinski definition) is 4. The number of aliphatic hydroxyl groups is 1. The van der Waals surface area contributed by atoms with Crippen LogP contribution in [0.15, 0.2) is 47.4 Å². The lowest BCUT2D eigenvalue weighted by molar-refractivity contribution is 0.0858. The Balaban J connectivity index is 1.89. The van der Waals surface area contributed by atoms with Gasteiger partial charge in [-0.15, -0.1) is 0 Å². The molecule has 4 N–H and O–H groups in total. The van der Waals surface area contributed by atoms with Crippen molar-refractivity contribution >= 4 is 27.5 Å². The van der Waals surface area contributed by atoms with Gasteiger partial charge in [0, 0.05) is 12.0 Å². The van der Waals surface area contributed by atoms with E-state index in [0.717, 1.165) is 17.2 Å². The predicted octanol–water partition coefficient (Wildman–Crippen LogP) is 1.38. The van der Waals surface area contributed by atoms with Crippen molar-refractivity contribution in [2.75, 3.05) is 0 Å².